The Kier molecular flexibility index (Phi) is 25.9. The SMILES string of the molecule is CC(C)(C)OC(=O)N1Cc2cc(N)ccc2C(C)(C)C1.CC(C)(C)OC(=O)N1Cc2cc(Nc3ncc4c(n3)SCN(c3c(F)cccc3Cl)C4=O)ccc2C(C)(C)C1.CC1(C)CNCc2cc(Nc3ncc4c(n3)SCN(c3c(F)cccc3Cl)C4=O)ccc21.CSc1ncc2c(n1)SCN(c1c(F)cccc1Cl)C2=O.Cl. The van der Waals surface area contributed by atoms with E-state index in [9.17, 15) is 37.1 Å². The molecule has 0 bridgehead atoms. The Hall–Kier alpha value is -8.78. The topological polar surface area (TPSA) is 259 Å². The summed E-state index contributed by atoms with van der Waals surface area (Å²) in [7, 11) is 0. The van der Waals surface area contributed by atoms with E-state index in [1.165, 1.54) is 133 Å². The highest BCUT2D eigenvalue weighted by Crippen LogP contribution is 2.44. The molecule has 5 N–H and O–H groups in total. The number of thioether (sulfide) groups is 4. The van der Waals surface area contributed by atoms with Crippen LogP contribution in [0.5, 0.6) is 0 Å². The molecule has 6 aliphatic heterocycles. The highest BCUT2D eigenvalue weighted by atomic mass is 35.5. The number of aromatic nitrogens is 6. The van der Waals surface area contributed by atoms with Gasteiger partial charge in [-0.05, 0) is 154 Å². The summed E-state index contributed by atoms with van der Waals surface area (Å²) in [6.07, 6.45) is 5.65. The number of nitrogens with two attached hydrogens (primary N) is 1. The molecule has 594 valence electrons. The van der Waals surface area contributed by atoms with Crippen LogP contribution >= 0.6 is 94.3 Å². The highest BCUT2D eigenvalue weighted by Gasteiger charge is 2.40. The van der Waals surface area contributed by atoms with E-state index in [0.29, 0.717) is 69.4 Å². The number of fused-ring (bicyclic) bond motifs is 6. The summed E-state index contributed by atoms with van der Waals surface area (Å²) >= 11 is 23.8. The molecule has 0 atom stereocenters. The van der Waals surface area contributed by atoms with Gasteiger partial charge < -0.3 is 41.0 Å². The van der Waals surface area contributed by atoms with Gasteiger partial charge in [0.05, 0.1) is 66.5 Å². The fourth-order valence-corrected chi connectivity index (χ4v) is 17.6. The number of carbonyl (C=O) groups is 5. The smallest absolute Gasteiger partial charge is 0.410 e. The van der Waals surface area contributed by atoms with Crippen molar-refractivity contribution in [2.24, 2.45) is 0 Å². The molecule has 15 rings (SSSR count). The molecular weight excluding hydrogens is 1610 g/mol. The minimum absolute atomic E-state index is 0. The maximum absolute atomic E-state index is 14.4. The van der Waals surface area contributed by atoms with Gasteiger partial charge in [0.25, 0.3) is 17.7 Å². The number of nitrogens with zero attached hydrogens (tertiary/aromatic N) is 11. The molecule has 0 aliphatic carbocycles. The average Bonchev–Trinajstić information content (AvgIpc) is 0.788. The molecule has 3 aromatic heterocycles. The maximum Gasteiger partial charge on any atom is 0.410 e. The third-order valence-corrected chi connectivity index (χ3v) is 23.0. The Balaban J connectivity index is 0.000000154. The first-order valence-corrected chi connectivity index (χ1v) is 40.8. The first-order valence-electron chi connectivity index (χ1n) is 35.5. The molecule has 6 aliphatic rings. The van der Waals surface area contributed by atoms with Gasteiger partial charge >= 0.3 is 12.2 Å². The number of amides is 5. The lowest BCUT2D eigenvalue weighted by Crippen LogP contribution is -2.46. The van der Waals surface area contributed by atoms with Gasteiger partial charge in [0, 0.05) is 91.2 Å². The summed E-state index contributed by atoms with van der Waals surface area (Å²) in [5.74, 6) is -1.41. The first-order chi connectivity index (χ1) is 52.8. The predicted octanol–water partition coefficient (Wildman–Crippen LogP) is 19.3. The standard InChI is InChI=1S/C28H29ClFN5O3S.C23H21ClFN5OS.C16H24N2O2.C13H9ClFN3OS2.ClH/c1-27(2,3)38-26(37)34-13-16-11-17(9-10-19(16)28(4,5)14-34)32-25-31-12-18-23(33-25)39-15-35(24(18)36)22-20(29)7-6-8-21(22)30;1-23(2)11-26-9-13-8-14(6-7-16(13)23)28-22-27-10-15-20(29-22)32-12-30(21(15)31)19-17(24)4-3-5-18(19)25;1-15(2,3)20-14(19)18-9-11-8-12(17)6-7-13(11)16(4,5)10-18;1-20-13-16-5-7-11(17-13)21-6-18(12(7)19)10-8(14)3-2-4-9(10)15;/h6-12H,13-15H2,1-5H3,(H,31,32,33);3-8,10,26H,9,11-12H2,1-2H3,(H,27,28,29);6-8H,9-10,17H2,1-5H3;2-5H,6H2,1H3;1H. The molecule has 0 spiro atoms. The van der Waals surface area contributed by atoms with Crippen LogP contribution in [-0.4, -0.2) is 124 Å². The van der Waals surface area contributed by atoms with Crippen LogP contribution in [-0.2, 0) is 45.4 Å². The van der Waals surface area contributed by atoms with E-state index < -0.39 is 34.6 Å². The van der Waals surface area contributed by atoms with Crippen molar-refractivity contribution < 1.29 is 46.6 Å². The monoisotopic (exact) mass is 1690 g/mol. The number of benzene rings is 6. The van der Waals surface area contributed by atoms with Gasteiger partial charge in [0.1, 0.15) is 43.7 Å². The van der Waals surface area contributed by atoms with E-state index in [1.54, 1.807) is 28.0 Å². The Labute approximate surface area is 692 Å². The van der Waals surface area contributed by atoms with Crippen LogP contribution < -0.4 is 36.4 Å². The van der Waals surface area contributed by atoms with E-state index in [2.05, 4.69) is 112 Å². The number of carbonyl (C=O) groups excluding carboxylic acids is 5. The molecule has 5 amide bonds. The predicted molar refractivity (Wildman–Crippen MR) is 446 cm³/mol. The summed E-state index contributed by atoms with van der Waals surface area (Å²) in [6, 6.07) is 31.2. The molecule has 0 saturated heterocycles. The van der Waals surface area contributed by atoms with E-state index in [-0.39, 0.29) is 108 Å². The molecule has 9 heterocycles. The van der Waals surface area contributed by atoms with Gasteiger partial charge in [-0.2, -0.15) is 0 Å². The lowest BCUT2D eigenvalue weighted by Gasteiger charge is -2.40. The molecule has 113 heavy (non-hydrogen) atoms. The average molecular weight is 1690 g/mol. The Morgan fingerprint density at radius 1 is 0.531 bits per heavy atom. The summed E-state index contributed by atoms with van der Waals surface area (Å²) < 4.78 is 53.8. The molecule has 0 fully saturated rings. The van der Waals surface area contributed by atoms with Crippen molar-refractivity contribution in [1.82, 2.24) is 45.0 Å². The van der Waals surface area contributed by atoms with Crippen molar-refractivity contribution in [2.45, 2.75) is 150 Å². The number of ether oxygens (including phenoxy) is 2. The first kappa shape index (κ1) is 85.1. The number of hydrogen-bond donors (Lipinski definition) is 4. The summed E-state index contributed by atoms with van der Waals surface area (Å²) in [5.41, 5.74) is 15.2. The molecule has 0 saturated carbocycles. The molecule has 0 unspecified atom stereocenters. The number of halogens is 7. The van der Waals surface area contributed by atoms with Crippen LogP contribution in [0.2, 0.25) is 15.1 Å². The van der Waals surface area contributed by atoms with Crippen LogP contribution in [0.4, 0.5) is 68.8 Å². The number of para-hydroxylation sites is 3. The second-order valence-electron chi connectivity index (χ2n) is 31.0. The lowest BCUT2D eigenvalue weighted by molar-refractivity contribution is 0.0165. The van der Waals surface area contributed by atoms with E-state index in [4.69, 9.17) is 50.0 Å². The van der Waals surface area contributed by atoms with Crippen molar-refractivity contribution in [3.63, 3.8) is 0 Å². The molecule has 0 radical (unpaired) electrons. The maximum atomic E-state index is 14.4. The van der Waals surface area contributed by atoms with Crippen molar-refractivity contribution >= 4 is 170 Å². The summed E-state index contributed by atoms with van der Waals surface area (Å²) in [5, 5.41) is 12.7. The Morgan fingerprint density at radius 3 is 1.30 bits per heavy atom. The fraction of sp³-hybridized carbons (Fsp3) is 0.338. The normalized spacial score (nSPS) is 16.2. The van der Waals surface area contributed by atoms with Crippen LogP contribution in [0.15, 0.2) is 148 Å². The van der Waals surface area contributed by atoms with Crippen LogP contribution in [0, 0.1) is 17.5 Å². The lowest BCUT2D eigenvalue weighted by atomic mass is 9.78. The second-order valence-corrected chi connectivity index (χ2v) is 35.8. The summed E-state index contributed by atoms with van der Waals surface area (Å²) in [6.45, 7) is 28.1. The van der Waals surface area contributed by atoms with E-state index >= 15 is 0 Å². The van der Waals surface area contributed by atoms with Crippen molar-refractivity contribution in [3.05, 3.63) is 210 Å². The van der Waals surface area contributed by atoms with Gasteiger partial charge in [0.2, 0.25) is 11.9 Å². The molecule has 22 nitrogen and oxygen atoms in total. The zero-order valence-electron chi connectivity index (χ0n) is 64.2. The van der Waals surface area contributed by atoms with Crippen molar-refractivity contribution in [2.75, 3.05) is 74.6 Å². The molecule has 6 aromatic carbocycles. The zero-order chi connectivity index (χ0) is 80.7. The zero-order valence-corrected chi connectivity index (χ0v) is 70.5. The number of nitrogens with one attached hydrogen (secondary N) is 3. The minimum atomic E-state index is -0.577. The highest BCUT2D eigenvalue weighted by molar-refractivity contribution is 8.00. The molecule has 33 heteroatoms. The minimum Gasteiger partial charge on any atom is -0.444 e. The number of hydrogen-bond acceptors (Lipinski definition) is 21. The fourth-order valence-electron chi connectivity index (χ4n) is 13.6. The van der Waals surface area contributed by atoms with Gasteiger partial charge in [-0.3, -0.25) is 29.1 Å². The molecular formula is C80H84Cl4F3N15O7S4. The number of nitrogen functional groups attached to an aromatic ring is 1. The van der Waals surface area contributed by atoms with Gasteiger partial charge in [0.15, 0.2) is 5.16 Å². The number of rotatable bonds is 8. The molecule has 9 aromatic rings. The largest absolute Gasteiger partial charge is 0.444 e. The Bertz CT molecular complexity index is 5140. The van der Waals surface area contributed by atoms with Crippen LogP contribution in [0.3, 0.4) is 0 Å². The van der Waals surface area contributed by atoms with Crippen molar-refractivity contribution in [3.8, 4) is 0 Å². The Morgan fingerprint density at radius 2 is 0.903 bits per heavy atom. The van der Waals surface area contributed by atoms with Gasteiger partial charge in [-0.1, -0.05) is 160 Å². The summed E-state index contributed by atoms with van der Waals surface area (Å²) in [4.78, 5) is 97.2. The van der Waals surface area contributed by atoms with E-state index in [0.717, 1.165) is 46.8 Å². The van der Waals surface area contributed by atoms with E-state index in [1.807, 2.05) is 78.1 Å². The third-order valence-electron chi connectivity index (χ3n) is 18.6. The quantitative estimate of drug-likeness (QED) is 0.0477. The third kappa shape index (κ3) is 19.4. The van der Waals surface area contributed by atoms with Crippen molar-refractivity contribution in [1.29, 1.82) is 0 Å². The van der Waals surface area contributed by atoms with Crippen LogP contribution in [0.25, 0.3) is 0 Å². The second kappa shape index (κ2) is 34.3. The van der Waals surface area contributed by atoms with Crippen LogP contribution in [0.1, 0.15) is 148 Å². The van der Waals surface area contributed by atoms with Gasteiger partial charge in [-0.25, -0.2) is 52.7 Å². The number of anilines is 8. The van der Waals surface area contributed by atoms with Gasteiger partial charge in [-0.15, -0.1) is 12.4 Å².